The van der Waals surface area contributed by atoms with Gasteiger partial charge in [-0.3, -0.25) is 4.79 Å². The molecular formula is C15H15ClF3NO3. The summed E-state index contributed by atoms with van der Waals surface area (Å²) < 4.78 is 44.0. The second-order valence-electron chi connectivity index (χ2n) is 4.54. The van der Waals surface area contributed by atoms with E-state index in [0.717, 1.165) is 12.1 Å². The van der Waals surface area contributed by atoms with Crippen LogP contribution in [0.25, 0.3) is 5.57 Å². The van der Waals surface area contributed by atoms with E-state index in [1.807, 2.05) is 0 Å². The molecule has 1 rings (SSSR count). The average Bonchev–Trinajstić information content (AvgIpc) is 2.45. The zero-order chi connectivity index (χ0) is 17.6. The van der Waals surface area contributed by atoms with Crippen LogP contribution in [0.4, 0.5) is 13.2 Å². The summed E-state index contributed by atoms with van der Waals surface area (Å²) in [5.41, 5.74) is -1.34. The van der Waals surface area contributed by atoms with E-state index in [1.165, 1.54) is 19.1 Å². The van der Waals surface area contributed by atoms with E-state index in [2.05, 4.69) is 10.1 Å². The molecule has 0 radical (unpaired) electrons. The zero-order valence-corrected chi connectivity index (χ0v) is 13.2. The molecule has 8 heteroatoms. The molecule has 1 amide bonds. The van der Waals surface area contributed by atoms with Crippen molar-refractivity contribution in [3.8, 4) is 0 Å². The van der Waals surface area contributed by atoms with Gasteiger partial charge in [-0.05, 0) is 31.5 Å². The van der Waals surface area contributed by atoms with Gasteiger partial charge in [0, 0.05) is 11.1 Å². The first-order valence-electron chi connectivity index (χ1n) is 6.67. The molecule has 126 valence electrons. The number of ether oxygens (including phenoxy) is 1. The molecule has 0 saturated carbocycles. The number of carbonyl (C=O) groups is 2. The summed E-state index contributed by atoms with van der Waals surface area (Å²) in [4.78, 5) is 23.1. The first-order valence-corrected chi connectivity index (χ1v) is 7.05. The van der Waals surface area contributed by atoms with Crippen LogP contribution >= 0.6 is 11.6 Å². The molecule has 0 aromatic heterocycles. The molecule has 0 aliphatic rings. The lowest BCUT2D eigenvalue weighted by Crippen LogP contribution is -2.39. The van der Waals surface area contributed by atoms with Gasteiger partial charge in [-0.15, -0.1) is 0 Å². The highest BCUT2D eigenvalue weighted by Crippen LogP contribution is 2.34. The van der Waals surface area contributed by atoms with E-state index in [9.17, 15) is 22.8 Å². The third-order valence-corrected chi connectivity index (χ3v) is 2.99. The molecule has 0 bridgehead atoms. The van der Waals surface area contributed by atoms with Crippen molar-refractivity contribution >= 4 is 29.1 Å². The minimum Gasteiger partial charge on any atom is -0.464 e. The maximum Gasteiger partial charge on any atom is 0.417 e. The molecule has 0 aliphatic heterocycles. The number of halogens is 4. The minimum absolute atomic E-state index is 0.105. The monoisotopic (exact) mass is 349 g/mol. The van der Waals surface area contributed by atoms with Crippen LogP contribution in [0.3, 0.4) is 0 Å². The van der Waals surface area contributed by atoms with Gasteiger partial charge in [-0.2, -0.15) is 13.2 Å². The zero-order valence-electron chi connectivity index (χ0n) is 12.4. The van der Waals surface area contributed by atoms with Crippen molar-refractivity contribution in [2.75, 3.05) is 6.61 Å². The van der Waals surface area contributed by atoms with Gasteiger partial charge in [0.15, 0.2) is 0 Å². The molecule has 0 heterocycles. The summed E-state index contributed by atoms with van der Waals surface area (Å²) in [5.74, 6) is -1.78. The van der Waals surface area contributed by atoms with Crippen LogP contribution in [0.2, 0.25) is 5.02 Å². The quantitative estimate of drug-likeness (QED) is 0.655. The van der Waals surface area contributed by atoms with Crippen molar-refractivity contribution in [1.29, 1.82) is 0 Å². The summed E-state index contributed by atoms with van der Waals surface area (Å²) in [6, 6.07) is 3.83. The van der Waals surface area contributed by atoms with Gasteiger partial charge >= 0.3 is 12.1 Å². The Morgan fingerprint density at radius 1 is 1.30 bits per heavy atom. The predicted octanol–water partition coefficient (Wildman–Crippen LogP) is 3.35. The third kappa shape index (κ3) is 5.94. The number of hydrogen-bond donors (Lipinski definition) is 1. The fraction of sp³-hybridized carbons (Fsp3) is 0.333. The largest absolute Gasteiger partial charge is 0.464 e. The second kappa shape index (κ2) is 8.01. The Balaban J connectivity index is 2.99. The van der Waals surface area contributed by atoms with Crippen LogP contribution in [-0.4, -0.2) is 30.7 Å². The van der Waals surface area contributed by atoms with E-state index < -0.39 is 29.7 Å². The van der Waals surface area contributed by atoms with Gasteiger partial charge in [-0.25, -0.2) is 4.79 Å². The molecule has 0 spiro atoms. The number of rotatable bonds is 5. The molecule has 1 aromatic carbocycles. The Labute approximate surface area is 136 Å². The maximum absolute atomic E-state index is 13.1. The highest BCUT2D eigenvalue weighted by Gasteiger charge is 2.35. The highest BCUT2D eigenvalue weighted by atomic mass is 35.5. The van der Waals surface area contributed by atoms with Crippen LogP contribution in [-0.2, 0) is 14.3 Å². The van der Waals surface area contributed by atoms with Crippen molar-refractivity contribution < 1.29 is 27.5 Å². The standard InChI is InChI=1S/C15H15ClF3NO3/c1-3-23-14(22)9(2)20-13(21)8-12(15(17,18)19)10-4-6-11(16)7-5-10/h4-9H,3H2,1-2H3,(H,20,21). The van der Waals surface area contributed by atoms with Gasteiger partial charge < -0.3 is 10.1 Å². The van der Waals surface area contributed by atoms with Crippen molar-refractivity contribution in [1.82, 2.24) is 5.32 Å². The Hall–Kier alpha value is -2.02. The fourth-order valence-electron chi connectivity index (χ4n) is 1.67. The van der Waals surface area contributed by atoms with Crippen molar-refractivity contribution in [2.24, 2.45) is 0 Å². The molecule has 0 aliphatic carbocycles. The van der Waals surface area contributed by atoms with Crippen LogP contribution in [0, 0.1) is 0 Å². The first-order chi connectivity index (χ1) is 10.6. The van der Waals surface area contributed by atoms with Crippen LogP contribution in [0.15, 0.2) is 30.3 Å². The molecule has 1 aromatic rings. The van der Waals surface area contributed by atoms with Crippen molar-refractivity contribution in [3.63, 3.8) is 0 Å². The lowest BCUT2D eigenvalue weighted by Gasteiger charge is -2.14. The van der Waals surface area contributed by atoms with E-state index in [4.69, 9.17) is 11.6 Å². The Kier molecular flexibility index (Phi) is 6.62. The molecule has 1 atom stereocenters. The minimum atomic E-state index is -4.74. The number of hydrogen-bond acceptors (Lipinski definition) is 3. The summed E-state index contributed by atoms with van der Waals surface area (Å²) in [5, 5.41) is 2.41. The molecule has 4 nitrogen and oxygen atoms in total. The summed E-state index contributed by atoms with van der Waals surface area (Å²) in [6.07, 6.45) is -4.34. The third-order valence-electron chi connectivity index (χ3n) is 2.73. The van der Waals surface area contributed by atoms with Crippen molar-refractivity contribution in [3.05, 3.63) is 40.9 Å². The van der Waals surface area contributed by atoms with Crippen LogP contribution < -0.4 is 5.32 Å². The molecular weight excluding hydrogens is 335 g/mol. The van der Waals surface area contributed by atoms with Gasteiger partial charge in [-0.1, -0.05) is 23.7 Å². The lowest BCUT2D eigenvalue weighted by atomic mass is 10.0. The molecule has 23 heavy (non-hydrogen) atoms. The Morgan fingerprint density at radius 3 is 2.35 bits per heavy atom. The maximum atomic E-state index is 13.1. The second-order valence-corrected chi connectivity index (χ2v) is 4.98. The lowest BCUT2D eigenvalue weighted by molar-refractivity contribution is -0.146. The molecule has 0 saturated heterocycles. The SMILES string of the molecule is CCOC(=O)C(C)NC(=O)C=C(c1ccc(Cl)cc1)C(F)(F)F. The number of allylic oxidation sites excluding steroid dienone is 1. The number of carbonyl (C=O) groups excluding carboxylic acids is 2. The summed E-state index contributed by atoms with van der Waals surface area (Å²) >= 11 is 5.64. The Morgan fingerprint density at radius 2 is 1.87 bits per heavy atom. The summed E-state index contributed by atoms with van der Waals surface area (Å²) in [7, 11) is 0. The van der Waals surface area contributed by atoms with E-state index in [0.29, 0.717) is 6.08 Å². The molecule has 1 N–H and O–H groups in total. The fourth-order valence-corrected chi connectivity index (χ4v) is 1.80. The number of amides is 1. The van der Waals surface area contributed by atoms with Gasteiger partial charge in [0.1, 0.15) is 6.04 Å². The van der Waals surface area contributed by atoms with E-state index in [-0.39, 0.29) is 17.2 Å². The number of nitrogens with one attached hydrogen (secondary N) is 1. The van der Waals surface area contributed by atoms with Crippen LogP contribution in [0.5, 0.6) is 0 Å². The average molecular weight is 350 g/mol. The first kappa shape index (κ1) is 19.0. The normalized spacial score (nSPS) is 13.4. The van der Waals surface area contributed by atoms with E-state index >= 15 is 0 Å². The number of esters is 1. The van der Waals surface area contributed by atoms with Gasteiger partial charge in [0.05, 0.1) is 12.2 Å². The molecule has 1 unspecified atom stereocenters. The van der Waals surface area contributed by atoms with Crippen LogP contribution in [0.1, 0.15) is 19.4 Å². The van der Waals surface area contributed by atoms with Crippen molar-refractivity contribution in [2.45, 2.75) is 26.1 Å². The predicted molar refractivity (Wildman–Crippen MR) is 79.7 cm³/mol. The van der Waals surface area contributed by atoms with Gasteiger partial charge in [0.25, 0.3) is 0 Å². The van der Waals surface area contributed by atoms with E-state index in [1.54, 1.807) is 6.92 Å². The Bertz CT molecular complexity index is 597. The topological polar surface area (TPSA) is 55.4 Å². The molecule has 0 fully saturated rings. The number of benzene rings is 1. The number of alkyl halides is 3. The smallest absolute Gasteiger partial charge is 0.417 e. The summed E-state index contributed by atoms with van der Waals surface area (Å²) in [6.45, 7) is 3.00. The highest BCUT2D eigenvalue weighted by molar-refractivity contribution is 6.30. The van der Waals surface area contributed by atoms with Gasteiger partial charge in [0.2, 0.25) is 5.91 Å².